The van der Waals surface area contributed by atoms with Crippen LogP contribution in [0.3, 0.4) is 0 Å². The number of carboxylic acids is 1. The van der Waals surface area contributed by atoms with Crippen molar-refractivity contribution in [2.24, 2.45) is 5.73 Å². The van der Waals surface area contributed by atoms with Gasteiger partial charge >= 0.3 is 5.97 Å². The SMILES string of the molecule is NCc1cccc2ccccc12.O=C(N[C@@H](CCCNC1CCCc2cccnc21)C(=O)O)c1ccc(CNCc2ccccn2)cc1. The average Bonchev–Trinajstić information content (AvgIpc) is 3.13. The molecule has 0 saturated heterocycles. The van der Waals surface area contributed by atoms with E-state index < -0.39 is 12.0 Å². The number of pyridine rings is 2. The molecular weight excluding hydrogens is 600 g/mol. The number of nitrogens with zero attached hydrogens (tertiary/aromatic N) is 2. The van der Waals surface area contributed by atoms with Crippen LogP contribution < -0.4 is 21.7 Å². The Labute approximate surface area is 282 Å². The van der Waals surface area contributed by atoms with E-state index in [9.17, 15) is 14.7 Å². The summed E-state index contributed by atoms with van der Waals surface area (Å²) in [5.41, 5.74) is 11.6. The number of carboxylic acid groups (broad SMARTS) is 1. The smallest absolute Gasteiger partial charge is 0.326 e. The van der Waals surface area contributed by atoms with E-state index in [1.165, 1.54) is 21.9 Å². The zero-order valence-corrected chi connectivity index (χ0v) is 27.1. The molecule has 9 heteroatoms. The molecule has 5 aromatic rings. The van der Waals surface area contributed by atoms with Crippen LogP contribution >= 0.6 is 0 Å². The number of fused-ring (bicyclic) bond motifs is 2. The zero-order chi connectivity index (χ0) is 33.6. The van der Waals surface area contributed by atoms with Crippen LogP contribution in [0.25, 0.3) is 10.8 Å². The fraction of sp³-hybridized carbons (Fsp3) is 0.282. The predicted octanol–water partition coefficient (Wildman–Crippen LogP) is 5.70. The first-order valence-electron chi connectivity index (χ1n) is 16.6. The number of hydrogen-bond donors (Lipinski definition) is 5. The first kappa shape index (κ1) is 34.4. The molecule has 0 bridgehead atoms. The van der Waals surface area contributed by atoms with Gasteiger partial charge in [-0.15, -0.1) is 0 Å². The van der Waals surface area contributed by atoms with Gasteiger partial charge in [0.15, 0.2) is 0 Å². The lowest BCUT2D eigenvalue weighted by Gasteiger charge is -2.25. The van der Waals surface area contributed by atoms with E-state index in [1.807, 2.05) is 60.8 Å². The van der Waals surface area contributed by atoms with Crippen molar-refractivity contribution in [1.29, 1.82) is 0 Å². The van der Waals surface area contributed by atoms with Gasteiger partial charge in [-0.25, -0.2) is 4.79 Å². The molecule has 9 nitrogen and oxygen atoms in total. The van der Waals surface area contributed by atoms with Gasteiger partial charge in [-0.05, 0) is 96.4 Å². The number of aryl methyl sites for hydroxylation is 1. The van der Waals surface area contributed by atoms with Crippen LogP contribution in [0.5, 0.6) is 0 Å². The molecule has 0 aliphatic heterocycles. The number of aliphatic carboxylic acids is 1. The fourth-order valence-corrected chi connectivity index (χ4v) is 5.97. The summed E-state index contributed by atoms with van der Waals surface area (Å²) in [6.45, 7) is 2.58. The number of aromatic nitrogens is 2. The molecule has 2 atom stereocenters. The molecule has 0 saturated carbocycles. The minimum Gasteiger partial charge on any atom is -0.480 e. The number of nitrogens with one attached hydrogen (secondary N) is 3. The van der Waals surface area contributed by atoms with Crippen molar-refractivity contribution >= 4 is 22.6 Å². The first-order valence-corrected chi connectivity index (χ1v) is 16.6. The summed E-state index contributed by atoms with van der Waals surface area (Å²) in [4.78, 5) is 33.2. The lowest BCUT2D eigenvalue weighted by Crippen LogP contribution is -2.41. The van der Waals surface area contributed by atoms with E-state index in [4.69, 9.17) is 5.73 Å². The van der Waals surface area contributed by atoms with E-state index in [-0.39, 0.29) is 11.9 Å². The van der Waals surface area contributed by atoms with Crippen LogP contribution in [0.15, 0.2) is 109 Å². The van der Waals surface area contributed by atoms with Crippen molar-refractivity contribution in [3.8, 4) is 0 Å². The van der Waals surface area contributed by atoms with Gasteiger partial charge in [0.25, 0.3) is 5.91 Å². The molecule has 0 radical (unpaired) electrons. The number of hydrogen-bond acceptors (Lipinski definition) is 7. The molecule has 2 heterocycles. The highest BCUT2D eigenvalue weighted by atomic mass is 16.4. The Morgan fingerprint density at radius 1 is 0.875 bits per heavy atom. The minimum absolute atomic E-state index is 0.199. The number of amides is 1. The zero-order valence-electron chi connectivity index (χ0n) is 27.1. The van der Waals surface area contributed by atoms with E-state index >= 15 is 0 Å². The van der Waals surface area contributed by atoms with Gasteiger partial charge in [0.1, 0.15) is 6.04 Å². The third-order valence-electron chi connectivity index (χ3n) is 8.54. The molecule has 0 spiro atoms. The third kappa shape index (κ3) is 9.78. The van der Waals surface area contributed by atoms with Crippen molar-refractivity contribution < 1.29 is 14.7 Å². The molecule has 1 amide bonds. The summed E-state index contributed by atoms with van der Waals surface area (Å²) in [5, 5.41) is 21.7. The highest BCUT2D eigenvalue weighted by Crippen LogP contribution is 2.27. The van der Waals surface area contributed by atoms with Gasteiger partial charge in [-0.3, -0.25) is 14.8 Å². The normalized spacial score (nSPS) is 14.3. The topological polar surface area (TPSA) is 142 Å². The fourth-order valence-electron chi connectivity index (χ4n) is 5.97. The van der Waals surface area contributed by atoms with Gasteiger partial charge in [0.05, 0.1) is 11.4 Å². The summed E-state index contributed by atoms with van der Waals surface area (Å²) < 4.78 is 0. The van der Waals surface area contributed by atoms with Crippen molar-refractivity contribution in [3.05, 3.63) is 143 Å². The molecule has 1 unspecified atom stereocenters. The summed E-state index contributed by atoms with van der Waals surface area (Å²) >= 11 is 0. The maximum atomic E-state index is 12.7. The Hall–Kier alpha value is -4.96. The Morgan fingerprint density at radius 3 is 2.46 bits per heavy atom. The Kier molecular flexibility index (Phi) is 12.8. The van der Waals surface area contributed by atoms with Crippen LogP contribution in [0.4, 0.5) is 0 Å². The second-order valence-electron chi connectivity index (χ2n) is 11.9. The van der Waals surface area contributed by atoms with Gasteiger partial charge in [0.2, 0.25) is 0 Å². The van der Waals surface area contributed by atoms with E-state index in [0.717, 1.165) is 36.2 Å². The van der Waals surface area contributed by atoms with Gasteiger partial charge in [-0.1, -0.05) is 66.7 Å². The van der Waals surface area contributed by atoms with Crippen LogP contribution in [0.2, 0.25) is 0 Å². The number of benzene rings is 3. The molecule has 2 aromatic heterocycles. The first-order chi connectivity index (χ1) is 23.5. The van der Waals surface area contributed by atoms with Crippen molar-refractivity contribution in [1.82, 2.24) is 25.9 Å². The quantitative estimate of drug-likeness (QED) is 0.103. The molecule has 6 rings (SSSR count). The second kappa shape index (κ2) is 17.8. The Morgan fingerprint density at radius 2 is 1.67 bits per heavy atom. The largest absolute Gasteiger partial charge is 0.480 e. The summed E-state index contributed by atoms with van der Waals surface area (Å²) in [7, 11) is 0. The van der Waals surface area contributed by atoms with Crippen LogP contribution in [-0.4, -0.2) is 39.5 Å². The molecule has 6 N–H and O–H groups in total. The number of carbonyl (C=O) groups is 2. The average molecular weight is 645 g/mol. The van der Waals surface area contributed by atoms with Crippen LogP contribution in [0.1, 0.15) is 70.2 Å². The Bertz CT molecular complexity index is 1760. The monoisotopic (exact) mass is 644 g/mol. The predicted molar refractivity (Wildman–Crippen MR) is 189 cm³/mol. The van der Waals surface area contributed by atoms with Crippen molar-refractivity contribution in [2.75, 3.05) is 6.54 Å². The molecular formula is C39H44N6O3. The molecule has 248 valence electrons. The van der Waals surface area contributed by atoms with Gasteiger partial charge in [0, 0.05) is 43.6 Å². The van der Waals surface area contributed by atoms with Gasteiger partial charge < -0.3 is 26.8 Å². The van der Waals surface area contributed by atoms with Crippen molar-refractivity contribution in [3.63, 3.8) is 0 Å². The van der Waals surface area contributed by atoms with Crippen LogP contribution in [-0.2, 0) is 30.8 Å². The highest BCUT2D eigenvalue weighted by molar-refractivity contribution is 5.96. The molecule has 48 heavy (non-hydrogen) atoms. The Balaban J connectivity index is 0.000000313. The van der Waals surface area contributed by atoms with Crippen LogP contribution in [0, 0.1) is 0 Å². The van der Waals surface area contributed by atoms with E-state index in [0.29, 0.717) is 44.6 Å². The summed E-state index contributed by atoms with van der Waals surface area (Å²) in [6.07, 6.45) is 7.76. The molecule has 1 aliphatic rings. The lowest BCUT2D eigenvalue weighted by molar-refractivity contribution is -0.139. The van der Waals surface area contributed by atoms with E-state index in [1.54, 1.807) is 18.3 Å². The summed E-state index contributed by atoms with van der Waals surface area (Å²) in [5.74, 6) is -1.41. The standard InChI is InChI=1S/C28H33N5O3.C11H11N/c34-27(22-13-11-20(12-14-22)18-29-19-23-8-1-2-15-30-23)33-25(28(35)36)10-5-16-31-24-9-3-6-21-7-4-17-32-26(21)24;12-8-10-6-3-5-9-4-1-2-7-11(9)10/h1-2,4,7-8,11-15,17,24-25,29,31H,3,5-6,9-10,16,18-19H2,(H,33,34)(H,35,36);1-7H,8,12H2/t24?,25-;/m0./s1. The number of carbonyl (C=O) groups excluding carboxylic acids is 1. The van der Waals surface area contributed by atoms with Crippen molar-refractivity contribution in [2.45, 2.75) is 63.8 Å². The minimum atomic E-state index is -1.02. The molecule has 3 aromatic carbocycles. The van der Waals surface area contributed by atoms with E-state index in [2.05, 4.69) is 56.3 Å². The lowest BCUT2D eigenvalue weighted by atomic mass is 9.92. The molecule has 1 aliphatic carbocycles. The second-order valence-corrected chi connectivity index (χ2v) is 11.9. The number of rotatable bonds is 13. The molecule has 0 fully saturated rings. The maximum Gasteiger partial charge on any atom is 0.326 e. The highest BCUT2D eigenvalue weighted by Gasteiger charge is 2.23. The summed E-state index contributed by atoms with van der Waals surface area (Å²) in [6, 6.07) is 30.9. The van der Waals surface area contributed by atoms with Gasteiger partial charge in [-0.2, -0.15) is 0 Å². The maximum absolute atomic E-state index is 12.7. The third-order valence-corrected chi connectivity index (χ3v) is 8.54. The number of nitrogens with two attached hydrogens (primary N) is 1.